The molecule has 1 aliphatic rings. The third kappa shape index (κ3) is 5.95. The summed E-state index contributed by atoms with van der Waals surface area (Å²) >= 11 is 0. The molecule has 0 amide bonds. The van der Waals surface area contributed by atoms with Crippen LogP contribution in [0.4, 0.5) is 0 Å². The number of benzene rings is 1. The van der Waals surface area contributed by atoms with Crippen molar-refractivity contribution in [2.75, 3.05) is 33.4 Å². The van der Waals surface area contributed by atoms with E-state index in [1.54, 1.807) is 0 Å². The Hall–Kier alpha value is -1.60. The summed E-state index contributed by atoms with van der Waals surface area (Å²) < 4.78 is 34.6. The van der Waals surface area contributed by atoms with Crippen LogP contribution in [0.5, 0.6) is 11.5 Å². The topological polar surface area (TPSA) is 55.4 Å². The van der Waals surface area contributed by atoms with Gasteiger partial charge in [-0.05, 0) is 72.6 Å². The lowest BCUT2D eigenvalue weighted by atomic mass is 9.95. The van der Waals surface area contributed by atoms with Crippen molar-refractivity contribution in [2.45, 2.75) is 66.8 Å². The maximum Gasteiger partial charge on any atom is 0.189 e. The Labute approximate surface area is 175 Å². The molecule has 29 heavy (non-hydrogen) atoms. The maximum atomic E-state index is 6.07. The Kier molecular flexibility index (Phi) is 8.11. The predicted molar refractivity (Wildman–Crippen MR) is 113 cm³/mol. The van der Waals surface area contributed by atoms with Gasteiger partial charge in [-0.15, -0.1) is 0 Å². The van der Waals surface area contributed by atoms with Crippen molar-refractivity contribution in [3.8, 4) is 11.5 Å². The van der Waals surface area contributed by atoms with E-state index in [0.717, 1.165) is 33.8 Å². The van der Waals surface area contributed by atoms with Crippen molar-refractivity contribution in [1.82, 2.24) is 0 Å². The molecule has 6 heteroatoms. The molecule has 0 spiro atoms. The molecule has 1 saturated heterocycles. The summed E-state index contributed by atoms with van der Waals surface area (Å²) in [6.07, 6.45) is 4.06. The molecular formula is C23H36O6. The highest BCUT2D eigenvalue weighted by atomic mass is 16.8. The van der Waals surface area contributed by atoms with Crippen molar-refractivity contribution < 1.29 is 28.4 Å². The molecule has 0 unspecified atom stereocenters. The van der Waals surface area contributed by atoms with Crippen molar-refractivity contribution in [3.63, 3.8) is 0 Å². The quantitative estimate of drug-likeness (QED) is 0.405. The zero-order chi connectivity index (χ0) is 21.7. The van der Waals surface area contributed by atoms with Gasteiger partial charge in [-0.3, -0.25) is 0 Å². The fraction of sp³-hybridized carbons (Fsp3) is 0.652. The van der Waals surface area contributed by atoms with Crippen LogP contribution in [-0.2, 0) is 18.9 Å². The van der Waals surface area contributed by atoms with Gasteiger partial charge in [0.15, 0.2) is 19.4 Å². The largest absolute Gasteiger partial charge is 0.467 e. The lowest BCUT2D eigenvalue weighted by Gasteiger charge is -2.23. The van der Waals surface area contributed by atoms with Gasteiger partial charge in [-0.25, -0.2) is 0 Å². The predicted octanol–water partition coefficient (Wildman–Crippen LogP) is 4.91. The molecule has 2 rings (SSSR count). The van der Waals surface area contributed by atoms with E-state index in [1.165, 1.54) is 0 Å². The minimum Gasteiger partial charge on any atom is -0.467 e. The average molecular weight is 409 g/mol. The van der Waals surface area contributed by atoms with E-state index in [0.29, 0.717) is 19.8 Å². The van der Waals surface area contributed by atoms with E-state index in [9.17, 15) is 0 Å². The van der Waals surface area contributed by atoms with Crippen LogP contribution in [0.1, 0.15) is 56.9 Å². The SMILES string of the molecule is CCOCOc1c(C)c(C)c(OCOCC)c(/C=C/[C@@]2(C)COC(C)(C)O2)c1C. The number of hydrogen-bond acceptors (Lipinski definition) is 6. The Balaban J connectivity index is 2.43. The zero-order valence-corrected chi connectivity index (χ0v) is 19.1. The second kappa shape index (κ2) is 9.94. The van der Waals surface area contributed by atoms with Crippen LogP contribution < -0.4 is 9.47 Å². The highest BCUT2D eigenvalue weighted by Crippen LogP contribution is 2.40. The average Bonchev–Trinajstić information content (AvgIpc) is 2.95. The van der Waals surface area contributed by atoms with Gasteiger partial charge >= 0.3 is 0 Å². The summed E-state index contributed by atoms with van der Waals surface area (Å²) in [5, 5.41) is 0. The molecule has 1 heterocycles. The first-order valence-electron chi connectivity index (χ1n) is 10.2. The molecule has 6 nitrogen and oxygen atoms in total. The summed E-state index contributed by atoms with van der Waals surface area (Å²) in [6.45, 7) is 17.9. The molecule has 1 aromatic rings. The van der Waals surface area contributed by atoms with Gasteiger partial charge < -0.3 is 28.4 Å². The van der Waals surface area contributed by atoms with Gasteiger partial charge in [0.05, 0.1) is 6.61 Å². The first-order valence-corrected chi connectivity index (χ1v) is 10.2. The second-order valence-corrected chi connectivity index (χ2v) is 7.89. The van der Waals surface area contributed by atoms with Crippen LogP contribution in [-0.4, -0.2) is 44.8 Å². The third-order valence-electron chi connectivity index (χ3n) is 5.00. The van der Waals surface area contributed by atoms with E-state index in [-0.39, 0.29) is 13.6 Å². The van der Waals surface area contributed by atoms with Crippen LogP contribution in [0.2, 0.25) is 0 Å². The van der Waals surface area contributed by atoms with Crippen molar-refractivity contribution in [1.29, 1.82) is 0 Å². The smallest absolute Gasteiger partial charge is 0.189 e. The number of hydrogen-bond donors (Lipinski definition) is 0. The maximum absolute atomic E-state index is 6.07. The summed E-state index contributed by atoms with van der Waals surface area (Å²) in [4.78, 5) is 0. The third-order valence-corrected chi connectivity index (χ3v) is 5.00. The molecular weight excluding hydrogens is 372 g/mol. The molecule has 1 aromatic carbocycles. The van der Waals surface area contributed by atoms with E-state index in [2.05, 4.69) is 0 Å². The molecule has 0 aromatic heterocycles. The van der Waals surface area contributed by atoms with Gasteiger partial charge in [0.25, 0.3) is 0 Å². The van der Waals surface area contributed by atoms with Crippen LogP contribution in [0.25, 0.3) is 6.08 Å². The van der Waals surface area contributed by atoms with Gasteiger partial charge in [0.2, 0.25) is 0 Å². The Morgan fingerprint density at radius 2 is 1.41 bits per heavy atom. The molecule has 164 valence electrons. The zero-order valence-electron chi connectivity index (χ0n) is 19.1. The summed E-state index contributed by atoms with van der Waals surface area (Å²) in [5.41, 5.74) is 3.44. The summed E-state index contributed by atoms with van der Waals surface area (Å²) in [7, 11) is 0. The standard InChI is InChI=1S/C23H36O6/c1-9-24-14-26-20-16(3)17(4)21(27-15-25-10-2)19(18(20)5)11-12-23(8)13-28-22(6,7)29-23/h11-12H,9-10,13-15H2,1-8H3/b12-11+/t23-/m0/s1. The fourth-order valence-corrected chi connectivity index (χ4v) is 3.37. The highest BCUT2D eigenvalue weighted by molar-refractivity contribution is 5.70. The van der Waals surface area contributed by atoms with E-state index < -0.39 is 11.4 Å². The Morgan fingerprint density at radius 3 is 1.93 bits per heavy atom. The van der Waals surface area contributed by atoms with Gasteiger partial charge in [-0.2, -0.15) is 0 Å². The van der Waals surface area contributed by atoms with Gasteiger partial charge in [-0.1, -0.05) is 6.08 Å². The normalized spacial score (nSPS) is 21.1. The van der Waals surface area contributed by atoms with Crippen molar-refractivity contribution in [3.05, 3.63) is 28.3 Å². The first-order chi connectivity index (χ1) is 13.6. The molecule has 1 atom stereocenters. The monoisotopic (exact) mass is 408 g/mol. The van der Waals surface area contributed by atoms with Crippen LogP contribution >= 0.6 is 0 Å². The first kappa shape index (κ1) is 23.7. The molecule has 1 fully saturated rings. The van der Waals surface area contributed by atoms with Crippen LogP contribution in [0, 0.1) is 20.8 Å². The van der Waals surface area contributed by atoms with Crippen molar-refractivity contribution >= 4 is 6.08 Å². The van der Waals surface area contributed by atoms with E-state index >= 15 is 0 Å². The van der Waals surface area contributed by atoms with Crippen molar-refractivity contribution in [2.24, 2.45) is 0 Å². The minimum absolute atomic E-state index is 0.195. The molecule has 0 aliphatic carbocycles. The number of ether oxygens (including phenoxy) is 6. The summed E-state index contributed by atoms with van der Waals surface area (Å²) in [5.74, 6) is 1.00. The van der Waals surface area contributed by atoms with Crippen LogP contribution in [0.3, 0.4) is 0 Å². The Morgan fingerprint density at radius 1 is 0.862 bits per heavy atom. The molecule has 0 N–H and O–H groups in total. The summed E-state index contributed by atoms with van der Waals surface area (Å²) in [6, 6.07) is 0. The Bertz CT molecular complexity index is 725. The van der Waals surface area contributed by atoms with Gasteiger partial charge in [0, 0.05) is 24.3 Å². The molecule has 1 aliphatic heterocycles. The number of rotatable bonds is 10. The molecule has 0 saturated carbocycles. The highest BCUT2D eigenvalue weighted by Gasteiger charge is 2.40. The fourth-order valence-electron chi connectivity index (χ4n) is 3.37. The second-order valence-electron chi connectivity index (χ2n) is 7.89. The van der Waals surface area contributed by atoms with E-state index in [4.69, 9.17) is 28.4 Å². The van der Waals surface area contributed by atoms with Crippen LogP contribution in [0.15, 0.2) is 6.08 Å². The minimum atomic E-state index is -0.600. The lowest BCUT2D eigenvalue weighted by molar-refractivity contribution is -0.148. The van der Waals surface area contributed by atoms with E-state index in [1.807, 2.05) is 67.5 Å². The lowest BCUT2D eigenvalue weighted by Crippen LogP contribution is -2.28. The molecule has 0 radical (unpaired) electrons. The molecule has 0 bridgehead atoms. The van der Waals surface area contributed by atoms with Gasteiger partial charge in [0.1, 0.15) is 17.1 Å².